The van der Waals surface area contributed by atoms with E-state index >= 15 is 0 Å². The van der Waals surface area contributed by atoms with Crippen LogP contribution in [0.25, 0.3) is 0 Å². The largest absolute Gasteiger partial charge is 0.198 e. The minimum atomic E-state index is -0.111. The number of rotatable bonds is 2. The SMILES string of the molecule is CC(C)(C)c1ccc(CC2(C#N)CCCCCC2)cc1. The first-order chi connectivity index (χ1) is 9.45. The lowest BCUT2D eigenvalue weighted by atomic mass is 9.76. The van der Waals surface area contributed by atoms with Crippen LogP contribution in [0.4, 0.5) is 0 Å². The van der Waals surface area contributed by atoms with Crippen molar-refractivity contribution >= 4 is 0 Å². The molecule has 0 amide bonds. The fraction of sp³-hybridized carbons (Fsp3) is 0.632. The van der Waals surface area contributed by atoms with Crippen molar-refractivity contribution in [3.05, 3.63) is 35.4 Å². The highest BCUT2D eigenvalue weighted by Crippen LogP contribution is 2.37. The van der Waals surface area contributed by atoms with Crippen molar-refractivity contribution in [3.8, 4) is 6.07 Å². The molecule has 1 fully saturated rings. The standard InChI is InChI=1S/C19H27N/c1-18(2,3)17-10-8-16(9-11-17)14-19(15-20)12-6-4-5-7-13-19/h8-11H,4-7,12-14H2,1-3H3. The third-order valence-electron chi connectivity index (χ3n) is 4.66. The molecule has 0 spiro atoms. The Hall–Kier alpha value is -1.29. The van der Waals surface area contributed by atoms with Gasteiger partial charge in [0.2, 0.25) is 0 Å². The van der Waals surface area contributed by atoms with Gasteiger partial charge in [0.25, 0.3) is 0 Å². The molecule has 1 aliphatic carbocycles. The minimum Gasteiger partial charge on any atom is -0.198 e. The number of benzene rings is 1. The predicted molar refractivity (Wildman–Crippen MR) is 84.6 cm³/mol. The molecule has 0 N–H and O–H groups in total. The van der Waals surface area contributed by atoms with Gasteiger partial charge in [-0.25, -0.2) is 0 Å². The van der Waals surface area contributed by atoms with Crippen LogP contribution in [0.5, 0.6) is 0 Å². The highest BCUT2D eigenvalue weighted by atomic mass is 14.4. The lowest BCUT2D eigenvalue weighted by molar-refractivity contribution is 0.339. The van der Waals surface area contributed by atoms with E-state index in [2.05, 4.69) is 51.1 Å². The first-order valence-electron chi connectivity index (χ1n) is 7.96. The maximum Gasteiger partial charge on any atom is 0.0693 e. The molecule has 1 heteroatoms. The summed E-state index contributed by atoms with van der Waals surface area (Å²) in [5, 5.41) is 9.66. The molecule has 0 atom stereocenters. The van der Waals surface area contributed by atoms with E-state index in [9.17, 15) is 5.26 Å². The summed E-state index contributed by atoms with van der Waals surface area (Å²) in [4.78, 5) is 0. The van der Waals surface area contributed by atoms with Crippen LogP contribution in [0.3, 0.4) is 0 Å². The van der Waals surface area contributed by atoms with Gasteiger partial charge in [-0.1, -0.05) is 70.7 Å². The van der Waals surface area contributed by atoms with Gasteiger partial charge in [-0.2, -0.15) is 5.26 Å². The molecule has 1 aromatic rings. The van der Waals surface area contributed by atoms with Gasteiger partial charge in [-0.15, -0.1) is 0 Å². The maximum atomic E-state index is 9.66. The van der Waals surface area contributed by atoms with Gasteiger partial charge >= 0.3 is 0 Å². The number of nitrogens with zero attached hydrogens (tertiary/aromatic N) is 1. The first-order valence-corrected chi connectivity index (χ1v) is 7.96. The molecule has 1 aliphatic rings. The third-order valence-corrected chi connectivity index (χ3v) is 4.66. The molecule has 108 valence electrons. The van der Waals surface area contributed by atoms with Crippen LogP contribution < -0.4 is 0 Å². The second-order valence-corrected chi connectivity index (χ2v) is 7.43. The molecular formula is C19H27N. The molecule has 20 heavy (non-hydrogen) atoms. The molecular weight excluding hydrogens is 242 g/mol. The third kappa shape index (κ3) is 3.63. The van der Waals surface area contributed by atoms with Gasteiger partial charge in [0, 0.05) is 0 Å². The second kappa shape index (κ2) is 6.00. The van der Waals surface area contributed by atoms with E-state index in [0.29, 0.717) is 0 Å². The van der Waals surface area contributed by atoms with E-state index in [1.54, 1.807) is 0 Å². The van der Waals surface area contributed by atoms with Crippen LogP contribution in [0.1, 0.15) is 70.4 Å². The van der Waals surface area contributed by atoms with Gasteiger partial charge in [-0.3, -0.25) is 0 Å². The molecule has 2 rings (SSSR count). The normalized spacial score (nSPS) is 19.1. The Morgan fingerprint density at radius 2 is 1.55 bits per heavy atom. The van der Waals surface area contributed by atoms with Crippen molar-refractivity contribution in [1.29, 1.82) is 5.26 Å². The molecule has 0 bridgehead atoms. The zero-order valence-corrected chi connectivity index (χ0v) is 13.2. The topological polar surface area (TPSA) is 23.8 Å². The molecule has 1 saturated carbocycles. The van der Waals surface area contributed by atoms with Crippen LogP contribution >= 0.6 is 0 Å². The molecule has 1 aromatic carbocycles. The predicted octanol–water partition coefficient (Wildman–Crippen LogP) is 5.39. The summed E-state index contributed by atoms with van der Waals surface area (Å²) in [5.41, 5.74) is 2.78. The van der Waals surface area contributed by atoms with Crippen LogP contribution in [-0.4, -0.2) is 0 Å². The van der Waals surface area contributed by atoms with Crippen molar-refractivity contribution in [3.63, 3.8) is 0 Å². The van der Waals surface area contributed by atoms with E-state index in [1.807, 2.05) is 0 Å². The van der Waals surface area contributed by atoms with Gasteiger partial charge in [0.15, 0.2) is 0 Å². The minimum absolute atomic E-state index is 0.111. The summed E-state index contributed by atoms with van der Waals surface area (Å²) in [6, 6.07) is 11.6. The molecule has 0 unspecified atom stereocenters. The average molecular weight is 269 g/mol. The molecule has 0 aromatic heterocycles. The lowest BCUT2D eigenvalue weighted by Crippen LogP contribution is -2.21. The van der Waals surface area contributed by atoms with Crippen LogP contribution in [-0.2, 0) is 11.8 Å². The van der Waals surface area contributed by atoms with Crippen LogP contribution in [0.2, 0.25) is 0 Å². The Morgan fingerprint density at radius 1 is 1.00 bits per heavy atom. The van der Waals surface area contributed by atoms with Crippen LogP contribution in [0, 0.1) is 16.7 Å². The Balaban J connectivity index is 2.14. The molecule has 1 nitrogen and oxygen atoms in total. The fourth-order valence-corrected chi connectivity index (χ4v) is 3.25. The first kappa shape index (κ1) is 15.1. The summed E-state index contributed by atoms with van der Waals surface area (Å²) in [6.45, 7) is 6.72. The molecule has 0 aliphatic heterocycles. The Morgan fingerprint density at radius 3 is 2.00 bits per heavy atom. The number of hydrogen-bond donors (Lipinski definition) is 0. The monoisotopic (exact) mass is 269 g/mol. The van der Waals surface area contributed by atoms with Gasteiger partial charge < -0.3 is 0 Å². The summed E-state index contributed by atoms with van der Waals surface area (Å²) in [7, 11) is 0. The Bertz CT molecular complexity index is 462. The van der Waals surface area contributed by atoms with E-state index in [4.69, 9.17) is 0 Å². The summed E-state index contributed by atoms with van der Waals surface area (Å²) < 4.78 is 0. The van der Waals surface area contributed by atoms with Crippen molar-refractivity contribution < 1.29 is 0 Å². The van der Waals surface area contributed by atoms with Gasteiger partial charge in [0.1, 0.15) is 0 Å². The van der Waals surface area contributed by atoms with Gasteiger partial charge in [-0.05, 0) is 35.8 Å². The summed E-state index contributed by atoms with van der Waals surface area (Å²) in [5.74, 6) is 0. The van der Waals surface area contributed by atoms with E-state index in [1.165, 1.54) is 36.8 Å². The lowest BCUT2D eigenvalue weighted by Gasteiger charge is -2.25. The zero-order chi connectivity index (χ0) is 14.6. The van der Waals surface area contributed by atoms with Crippen molar-refractivity contribution in [2.75, 3.05) is 0 Å². The number of hydrogen-bond acceptors (Lipinski definition) is 1. The summed E-state index contributed by atoms with van der Waals surface area (Å²) >= 11 is 0. The quantitative estimate of drug-likeness (QED) is 0.660. The average Bonchev–Trinajstić information content (AvgIpc) is 2.64. The molecule has 0 heterocycles. The van der Waals surface area contributed by atoms with Crippen LogP contribution in [0.15, 0.2) is 24.3 Å². The van der Waals surface area contributed by atoms with Crippen molar-refractivity contribution in [2.24, 2.45) is 5.41 Å². The van der Waals surface area contributed by atoms with E-state index in [0.717, 1.165) is 19.3 Å². The van der Waals surface area contributed by atoms with Crippen molar-refractivity contribution in [1.82, 2.24) is 0 Å². The Kier molecular flexibility index (Phi) is 4.53. The fourth-order valence-electron chi connectivity index (χ4n) is 3.25. The second-order valence-electron chi connectivity index (χ2n) is 7.43. The van der Waals surface area contributed by atoms with E-state index < -0.39 is 0 Å². The highest BCUT2D eigenvalue weighted by Gasteiger charge is 2.31. The van der Waals surface area contributed by atoms with Gasteiger partial charge in [0.05, 0.1) is 11.5 Å². The molecule has 0 radical (unpaired) electrons. The van der Waals surface area contributed by atoms with E-state index in [-0.39, 0.29) is 10.8 Å². The molecule has 0 saturated heterocycles. The zero-order valence-electron chi connectivity index (χ0n) is 13.2. The highest BCUT2D eigenvalue weighted by molar-refractivity contribution is 5.29. The summed E-state index contributed by atoms with van der Waals surface area (Å²) in [6.07, 6.45) is 8.10. The smallest absolute Gasteiger partial charge is 0.0693 e. The maximum absolute atomic E-state index is 9.66. The number of nitriles is 1. The van der Waals surface area contributed by atoms with Crippen molar-refractivity contribution in [2.45, 2.75) is 71.1 Å². The Labute approximate surface area is 124 Å².